The number of anilines is 3. The van der Waals surface area contributed by atoms with Crippen molar-refractivity contribution in [3.8, 4) is 74.1 Å². The van der Waals surface area contributed by atoms with E-state index in [4.69, 9.17) is 36.9 Å². The average Bonchev–Trinajstić information content (AvgIpc) is 1.73. The molecule has 99 heavy (non-hydrogen) atoms. The van der Waals surface area contributed by atoms with Gasteiger partial charge in [0.05, 0.1) is 81.4 Å². The minimum atomic E-state index is -0.589. The second-order valence-corrected chi connectivity index (χ2v) is 24.8. The van der Waals surface area contributed by atoms with Gasteiger partial charge in [-0.3, -0.25) is 14.4 Å². The summed E-state index contributed by atoms with van der Waals surface area (Å²) in [6.07, 6.45) is 7.61. The molecule has 0 bridgehead atoms. The molecule has 0 saturated carbocycles. The number of fused-ring (bicyclic) bond motifs is 3. The number of ether oxygens (including phenoxy) is 1. The lowest BCUT2D eigenvalue weighted by Crippen LogP contribution is -2.46. The number of para-hydroxylation sites is 2. The molecule has 11 N–H and O–H groups in total. The van der Waals surface area contributed by atoms with Gasteiger partial charge in [-0.25, -0.2) is 49.2 Å². The third-order valence-corrected chi connectivity index (χ3v) is 18.1. The predicted octanol–water partition coefficient (Wildman–Crippen LogP) is 9.22. The number of imidazole rings is 3. The zero-order valence-electron chi connectivity index (χ0n) is 55.6. The molecule has 3 aliphatic rings. The first-order chi connectivity index (χ1) is 48.0. The van der Waals surface area contributed by atoms with Crippen molar-refractivity contribution in [3.63, 3.8) is 0 Å². The highest BCUT2D eigenvalue weighted by Gasteiger charge is 2.27. The number of piperidine rings is 1. The summed E-state index contributed by atoms with van der Waals surface area (Å²) in [6, 6.07) is 37.4. The minimum Gasteiger partial charge on any atom is -0.497 e. The molecular weight excluding hydrogens is 1250 g/mol. The van der Waals surface area contributed by atoms with Crippen LogP contribution in [0.15, 0.2) is 140 Å². The number of carbonyl (C=O) groups excluding carboxylic acids is 3. The van der Waals surface area contributed by atoms with E-state index in [2.05, 4.69) is 74.5 Å². The smallest absolute Gasteiger partial charge is 0.256 e. The number of aryl methyl sites for hydroxylation is 2. The van der Waals surface area contributed by atoms with Gasteiger partial charge < -0.3 is 67.1 Å². The lowest BCUT2D eigenvalue weighted by atomic mass is 10.0. The van der Waals surface area contributed by atoms with Gasteiger partial charge in [-0.2, -0.15) is 0 Å². The van der Waals surface area contributed by atoms with Crippen LogP contribution in [0.4, 0.5) is 21.8 Å². The zero-order valence-corrected chi connectivity index (χ0v) is 55.6. The monoisotopic (exact) mass is 1330 g/mol. The fraction of sp³-hybridized carbons (Fsp3) is 0.260. The van der Waals surface area contributed by atoms with Gasteiger partial charge in [-0.1, -0.05) is 54.6 Å². The number of nitrogens with two attached hydrogens (primary N) is 3. The number of carbonyl (C=O) groups is 3. The van der Waals surface area contributed by atoms with Crippen molar-refractivity contribution in [2.75, 3.05) is 104 Å². The summed E-state index contributed by atoms with van der Waals surface area (Å²) < 4.78 is 20.2. The number of amides is 3. The summed E-state index contributed by atoms with van der Waals surface area (Å²) in [5, 5.41) is 6.50. The molecule has 15 rings (SSSR count). The number of likely N-dealkylation sites (tertiary alicyclic amines) is 1. The molecule has 3 amide bonds. The summed E-state index contributed by atoms with van der Waals surface area (Å²) in [5.41, 5.74) is 32.3. The molecule has 9 heterocycles. The second kappa shape index (κ2) is 29.0. The predicted molar refractivity (Wildman–Crippen MR) is 382 cm³/mol. The van der Waals surface area contributed by atoms with Crippen LogP contribution in [0.1, 0.15) is 61.5 Å². The molecule has 25 nitrogen and oxygen atoms in total. The molecule has 0 atom stereocenters. The molecule has 0 unspecified atom stereocenters. The molecule has 6 aromatic heterocycles. The Morgan fingerprint density at radius 3 is 1.44 bits per heavy atom. The number of aromatic nitrogens is 12. The van der Waals surface area contributed by atoms with E-state index in [-0.39, 0.29) is 34.9 Å². The molecule has 0 radical (unpaired) electrons. The van der Waals surface area contributed by atoms with Crippen molar-refractivity contribution in [2.45, 2.75) is 39.2 Å². The number of nitrogens with zero attached hydrogens (tertiary/aromatic N) is 13. The molecule has 6 aromatic carbocycles. The number of methoxy groups -OCH3 is 1. The van der Waals surface area contributed by atoms with Crippen LogP contribution in [-0.4, -0.2) is 190 Å². The molecule has 504 valence electrons. The Morgan fingerprint density at radius 1 is 0.505 bits per heavy atom. The molecule has 26 heteroatoms. The Kier molecular flexibility index (Phi) is 19.3. The fourth-order valence-corrected chi connectivity index (χ4v) is 12.4. The highest BCUT2D eigenvalue weighted by molar-refractivity contribution is 5.97. The second-order valence-electron chi connectivity index (χ2n) is 24.8. The maximum Gasteiger partial charge on any atom is 0.256 e. The van der Waals surface area contributed by atoms with E-state index in [0.29, 0.717) is 99.8 Å². The molecular formula is C73H76FN21O4. The highest BCUT2D eigenvalue weighted by Crippen LogP contribution is 2.32. The van der Waals surface area contributed by atoms with Gasteiger partial charge >= 0.3 is 0 Å². The molecule has 3 saturated heterocycles. The number of hydrogen-bond donors (Lipinski definition) is 8. The summed E-state index contributed by atoms with van der Waals surface area (Å²) in [6.45, 7) is 11.4. The van der Waals surface area contributed by atoms with Gasteiger partial charge in [0.15, 0.2) is 34.9 Å². The summed E-state index contributed by atoms with van der Waals surface area (Å²) >= 11 is 0. The van der Waals surface area contributed by atoms with E-state index < -0.39 is 5.82 Å². The lowest BCUT2D eigenvalue weighted by Gasteiger charge is -2.35. The van der Waals surface area contributed by atoms with Crippen LogP contribution < -0.4 is 32.6 Å². The number of piperazine rings is 1. The molecule has 3 aliphatic heterocycles. The van der Waals surface area contributed by atoms with Gasteiger partial charge in [0.1, 0.15) is 28.6 Å². The van der Waals surface area contributed by atoms with Gasteiger partial charge in [-0.05, 0) is 126 Å². The first-order valence-electron chi connectivity index (χ1n) is 32.8. The third kappa shape index (κ3) is 14.4. The molecule has 3 fully saturated rings. The first-order valence-corrected chi connectivity index (χ1v) is 32.8. The van der Waals surface area contributed by atoms with Crippen molar-refractivity contribution < 1.29 is 23.5 Å². The standard InChI is InChI=1S/C26H29N7O.C24H24FN7O.C23H23N7O2/c1-16-5-4-6-20-22(16)31-25(30-20)23-24(27)28-15-21(29-23)17-7-9-18(10-8-17)26(34)33-13-11-19(12-14-33)32(2)3;1-14-4-2-5-18-20(14)31-23(30-18)21-22(26)28-13-19(29-21)15-6-7-16(17(25)12-15)24(33)32-10-3-8-27-9-11-32;1-32-16-6-7-17-18(12-16)29-22(28-17)20-21(24)26-13-19(27-20)14-2-4-15(5-3-14)23(31)30-10-8-25-9-11-30/h4-10,15,19H,11-14H2,1-3H3,(H2,27,28)(H,30,31);2,4-7,12-13,27H,3,8-11H2,1H3,(H2,26,28)(H,30,31);2-7,12-13,25H,8-11H2,1H3,(H2,24,26)(H,28,29). The third-order valence-electron chi connectivity index (χ3n) is 18.1. The number of hydrogen-bond acceptors (Lipinski definition) is 19. The minimum absolute atomic E-state index is 0.0415. The Labute approximate surface area is 569 Å². The Hall–Kier alpha value is -11.6. The van der Waals surface area contributed by atoms with E-state index in [1.54, 1.807) is 30.5 Å². The quantitative estimate of drug-likeness (QED) is 0.0598. The van der Waals surface area contributed by atoms with E-state index in [1.807, 2.05) is 127 Å². The fourth-order valence-electron chi connectivity index (χ4n) is 12.4. The number of nitrogen functional groups attached to an aromatic ring is 3. The van der Waals surface area contributed by atoms with Gasteiger partial charge in [0.25, 0.3) is 17.7 Å². The maximum absolute atomic E-state index is 15.0. The van der Waals surface area contributed by atoms with Crippen molar-refractivity contribution in [1.29, 1.82) is 0 Å². The number of benzene rings is 6. The maximum atomic E-state index is 15.0. The number of rotatable bonds is 11. The first kappa shape index (κ1) is 66.0. The lowest BCUT2D eigenvalue weighted by molar-refractivity contribution is 0.0662. The van der Waals surface area contributed by atoms with E-state index in [1.165, 1.54) is 18.3 Å². The van der Waals surface area contributed by atoms with Crippen molar-refractivity contribution in [3.05, 3.63) is 174 Å². The Bertz CT molecular complexity index is 4930. The van der Waals surface area contributed by atoms with E-state index in [9.17, 15) is 18.8 Å². The number of H-pyrrole nitrogens is 3. The van der Waals surface area contributed by atoms with Crippen LogP contribution in [0.5, 0.6) is 5.75 Å². The number of aromatic amines is 3. The molecule has 0 spiro atoms. The van der Waals surface area contributed by atoms with Gasteiger partial charge in [0.2, 0.25) is 0 Å². The number of halogens is 1. The van der Waals surface area contributed by atoms with E-state index >= 15 is 0 Å². The SMILES string of the molecule is COc1ccc2nc(-c3nc(-c4ccc(C(=O)N5CCNCC5)cc4)cnc3N)[nH]c2c1.Cc1cccc2[nH]c(-c3nc(-c4ccc(C(=O)N5CCC(N(C)C)CC5)cc4)cnc3N)nc12.Cc1cccc2[nH]c(-c3nc(-c4ccc(C(=O)N5CCCNCC5)c(F)c4)cnc3N)nc12. The largest absolute Gasteiger partial charge is 0.497 e. The normalized spacial score (nSPS) is 14.4. The van der Waals surface area contributed by atoms with Crippen molar-refractivity contribution in [1.82, 2.24) is 90.0 Å². The van der Waals surface area contributed by atoms with Crippen molar-refractivity contribution in [2.24, 2.45) is 0 Å². The summed E-state index contributed by atoms with van der Waals surface area (Å²) in [5.74, 6) is 2.39. The average molecular weight is 1330 g/mol. The highest BCUT2D eigenvalue weighted by atomic mass is 19.1. The van der Waals surface area contributed by atoms with Gasteiger partial charge in [-0.15, -0.1) is 0 Å². The topological polar surface area (TPSA) is 339 Å². The van der Waals surface area contributed by atoms with Crippen molar-refractivity contribution >= 4 is 68.3 Å². The van der Waals surface area contributed by atoms with E-state index in [0.717, 1.165) is 126 Å². The van der Waals surface area contributed by atoms with Crippen LogP contribution in [-0.2, 0) is 0 Å². The van der Waals surface area contributed by atoms with Gasteiger partial charge in [0, 0.05) is 98.8 Å². The van der Waals surface area contributed by atoms with Crippen LogP contribution in [0, 0.1) is 19.7 Å². The van der Waals surface area contributed by atoms with Crippen LogP contribution in [0.3, 0.4) is 0 Å². The summed E-state index contributed by atoms with van der Waals surface area (Å²) in [7, 11) is 5.82. The Balaban J connectivity index is 0.000000133. The Morgan fingerprint density at radius 2 is 0.960 bits per heavy atom. The van der Waals surface area contributed by atoms with Crippen LogP contribution in [0.25, 0.3) is 101 Å². The summed E-state index contributed by atoms with van der Waals surface area (Å²) in [4.78, 5) is 96.9. The van der Waals surface area contributed by atoms with Crippen LogP contribution in [0.2, 0.25) is 0 Å². The molecule has 0 aliphatic carbocycles. The van der Waals surface area contributed by atoms with Crippen LogP contribution >= 0.6 is 0 Å². The zero-order chi connectivity index (χ0) is 68.8. The number of nitrogens with one attached hydrogen (secondary N) is 5. The molecule has 12 aromatic rings.